The van der Waals surface area contributed by atoms with Gasteiger partial charge in [-0.05, 0) is 55.1 Å². The zero-order valence-electron chi connectivity index (χ0n) is 18.1. The highest BCUT2D eigenvalue weighted by Gasteiger charge is 2.54. The van der Waals surface area contributed by atoms with Gasteiger partial charge in [-0.1, -0.05) is 54.6 Å². The Bertz CT molecular complexity index is 1090. The number of carbonyl (C=O) groups is 1. The van der Waals surface area contributed by atoms with E-state index in [9.17, 15) is 4.79 Å². The van der Waals surface area contributed by atoms with Crippen LogP contribution in [-0.4, -0.2) is 52.5 Å². The SMILES string of the molecule is O=C(Nc1ccccc1-c1ccccc1)N1CC(c2cccnc2)C2C1C1CCN2CC1. The number of hydrogen-bond donors (Lipinski definition) is 1. The lowest BCUT2D eigenvalue weighted by Crippen LogP contribution is -2.61. The number of aromatic nitrogens is 1. The number of piperidine rings is 3. The van der Waals surface area contributed by atoms with Crippen LogP contribution >= 0.6 is 0 Å². The third-order valence-corrected chi connectivity index (χ3v) is 7.62. The van der Waals surface area contributed by atoms with E-state index in [1.54, 1.807) is 0 Å². The maximum Gasteiger partial charge on any atom is 0.322 e. The second-order valence-corrected chi connectivity index (χ2v) is 9.24. The number of nitrogens with zero attached hydrogens (tertiary/aromatic N) is 3. The number of fused-ring (bicyclic) bond motifs is 2. The van der Waals surface area contributed by atoms with Gasteiger partial charge in [-0.25, -0.2) is 4.79 Å². The fourth-order valence-electron chi connectivity index (χ4n) is 6.19. The van der Waals surface area contributed by atoms with E-state index in [4.69, 9.17) is 0 Å². The standard InChI is InChI=1S/C27H28N4O/c32-27(29-24-11-5-4-10-22(24)19-7-2-1-3-8-19)31-18-23(21-9-6-14-28-17-21)26-25(31)20-12-15-30(26)16-13-20/h1-11,14,17,20,23,25-26H,12-13,15-16,18H2,(H,29,32). The van der Waals surface area contributed by atoms with E-state index < -0.39 is 0 Å². The number of rotatable bonds is 3. The molecule has 1 aromatic heterocycles. The van der Waals surface area contributed by atoms with Crippen molar-refractivity contribution in [1.82, 2.24) is 14.8 Å². The predicted octanol–water partition coefficient (Wildman–Crippen LogP) is 4.84. The number of likely N-dealkylation sites (tertiary alicyclic amines) is 1. The molecule has 1 N–H and O–H groups in total. The molecule has 4 aliphatic rings. The molecule has 5 nitrogen and oxygen atoms in total. The number of benzene rings is 2. The first-order valence-corrected chi connectivity index (χ1v) is 11.7. The zero-order chi connectivity index (χ0) is 21.5. The summed E-state index contributed by atoms with van der Waals surface area (Å²) in [5, 5.41) is 3.27. The van der Waals surface area contributed by atoms with E-state index in [0.717, 1.165) is 36.4 Å². The van der Waals surface area contributed by atoms with Crippen molar-refractivity contribution in [2.24, 2.45) is 5.92 Å². The Labute approximate surface area is 189 Å². The molecule has 5 heteroatoms. The van der Waals surface area contributed by atoms with E-state index in [2.05, 4.69) is 44.4 Å². The number of pyridine rings is 1. The van der Waals surface area contributed by atoms with Crippen LogP contribution in [0, 0.1) is 5.92 Å². The van der Waals surface area contributed by atoms with Crippen LogP contribution in [0.5, 0.6) is 0 Å². The summed E-state index contributed by atoms with van der Waals surface area (Å²) in [5.74, 6) is 0.897. The van der Waals surface area contributed by atoms with Gasteiger partial charge in [-0.3, -0.25) is 9.88 Å². The van der Waals surface area contributed by atoms with Crippen LogP contribution in [0.4, 0.5) is 10.5 Å². The van der Waals surface area contributed by atoms with Gasteiger partial charge < -0.3 is 10.2 Å². The molecule has 7 rings (SSSR count). The third-order valence-electron chi connectivity index (χ3n) is 7.62. The van der Waals surface area contributed by atoms with Crippen LogP contribution in [0.1, 0.15) is 24.3 Å². The molecule has 5 heterocycles. The molecular weight excluding hydrogens is 396 g/mol. The molecule has 4 fully saturated rings. The van der Waals surface area contributed by atoms with E-state index >= 15 is 0 Å². The van der Waals surface area contributed by atoms with Gasteiger partial charge in [0.2, 0.25) is 0 Å². The van der Waals surface area contributed by atoms with Crippen molar-refractivity contribution in [2.75, 3.05) is 25.0 Å². The second kappa shape index (κ2) is 8.06. The minimum Gasteiger partial charge on any atom is -0.319 e. The first-order valence-electron chi connectivity index (χ1n) is 11.7. The number of anilines is 1. The van der Waals surface area contributed by atoms with Crippen LogP contribution in [-0.2, 0) is 0 Å². The van der Waals surface area contributed by atoms with E-state index in [0.29, 0.717) is 17.9 Å². The largest absolute Gasteiger partial charge is 0.322 e. The van der Waals surface area contributed by atoms with E-state index in [1.807, 2.05) is 54.9 Å². The quantitative estimate of drug-likeness (QED) is 0.654. The summed E-state index contributed by atoms with van der Waals surface area (Å²) in [6.45, 7) is 3.04. The molecule has 0 aliphatic carbocycles. The molecule has 32 heavy (non-hydrogen) atoms. The van der Waals surface area contributed by atoms with Gasteiger partial charge in [0.05, 0.1) is 11.7 Å². The maximum atomic E-state index is 13.7. The molecule has 4 aliphatic heterocycles. The minimum absolute atomic E-state index is 0.0171. The summed E-state index contributed by atoms with van der Waals surface area (Å²) in [7, 11) is 0. The van der Waals surface area contributed by atoms with Gasteiger partial charge in [0.25, 0.3) is 0 Å². The highest BCUT2D eigenvalue weighted by molar-refractivity contribution is 5.95. The van der Waals surface area contributed by atoms with Gasteiger partial charge in [-0.2, -0.15) is 0 Å². The Morgan fingerprint density at radius 2 is 1.69 bits per heavy atom. The molecule has 3 aromatic rings. The van der Waals surface area contributed by atoms with Crippen molar-refractivity contribution >= 4 is 11.7 Å². The normalized spacial score (nSPS) is 28.4. The highest BCUT2D eigenvalue weighted by Crippen LogP contribution is 2.46. The van der Waals surface area contributed by atoms with Crippen LogP contribution in [0.25, 0.3) is 11.1 Å². The molecule has 0 saturated carbocycles. The Morgan fingerprint density at radius 1 is 0.906 bits per heavy atom. The van der Waals surface area contributed by atoms with Crippen molar-refractivity contribution in [3.05, 3.63) is 84.7 Å². The Morgan fingerprint density at radius 3 is 2.47 bits per heavy atom. The molecular formula is C27H28N4O. The molecule has 162 valence electrons. The number of para-hydroxylation sites is 1. The summed E-state index contributed by atoms with van der Waals surface area (Å²) < 4.78 is 0. The first kappa shape index (κ1) is 19.5. The molecule has 3 atom stereocenters. The molecule has 2 aromatic carbocycles. The van der Waals surface area contributed by atoms with Crippen molar-refractivity contribution in [3.8, 4) is 11.1 Å². The van der Waals surface area contributed by atoms with Gasteiger partial charge in [0.15, 0.2) is 0 Å². The van der Waals surface area contributed by atoms with Crippen LogP contribution < -0.4 is 5.32 Å². The minimum atomic E-state index is 0.0171. The van der Waals surface area contributed by atoms with E-state index in [-0.39, 0.29) is 12.1 Å². The summed E-state index contributed by atoms with van der Waals surface area (Å²) >= 11 is 0. The molecule has 2 amide bonds. The number of hydrogen-bond acceptors (Lipinski definition) is 3. The average Bonchev–Trinajstić information content (AvgIpc) is 3.29. The van der Waals surface area contributed by atoms with Crippen molar-refractivity contribution in [2.45, 2.75) is 30.8 Å². The van der Waals surface area contributed by atoms with Gasteiger partial charge >= 0.3 is 6.03 Å². The predicted molar refractivity (Wildman–Crippen MR) is 126 cm³/mol. The monoisotopic (exact) mass is 424 g/mol. The highest BCUT2D eigenvalue weighted by atomic mass is 16.2. The van der Waals surface area contributed by atoms with Crippen LogP contribution in [0.15, 0.2) is 79.1 Å². The summed E-state index contributed by atoms with van der Waals surface area (Å²) in [6, 6.07) is 23.2. The van der Waals surface area contributed by atoms with Gasteiger partial charge in [0, 0.05) is 36.5 Å². The third kappa shape index (κ3) is 3.28. The molecule has 2 bridgehead atoms. The van der Waals surface area contributed by atoms with Crippen molar-refractivity contribution in [1.29, 1.82) is 0 Å². The number of urea groups is 1. The second-order valence-electron chi connectivity index (χ2n) is 9.24. The summed E-state index contributed by atoms with van der Waals surface area (Å²) in [6.07, 6.45) is 6.18. The van der Waals surface area contributed by atoms with Gasteiger partial charge in [-0.15, -0.1) is 0 Å². The number of carbonyl (C=O) groups excluding carboxylic acids is 1. The summed E-state index contributed by atoms with van der Waals surface area (Å²) in [5.41, 5.74) is 4.27. The smallest absolute Gasteiger partial charge is 0.319 e. The molecule has 4 saturated heterocycles. The molecule has 0 radical (unpaired) electrons. The lowest BCUT2D eigenvalue weighted by Gasteiger charge is -2.51. The lowest BCUT2D eigenvalue weighted by molar-refractivity contribution is 0.00493. The Hall–Kier alpha value is -3.18. The molecule has 0 spiro atoms. The topological polar surface area (TPSA) is 48.5 Å². The Kier molecular flexibility index (Phi) is 4.91. The maximum absolute atomic E-state index is 13.7. The zero-order valence-corrected chi connectivity index (χ0v) is 18.1. The molecule has 3 unspecified atom stereocenters. The fourth-order valence-corrected chi connectivity index (χ4v) is 6.19. The van der Waals surface area contributed by atoms with Crippen LogP contribution in [0.2, 0.25) is 0 Å². The van der Waals surface area contributed by atoms with E-state index in [1.165, 1.54) is 18.4 Å². The summed E-state index contributed by atoms with van der Waals surface area (Å²) in [4.78, 5) is 22.8. The Balaban J connectivity index is 1.31. The lowest BCUT2D eigenvalue weighted by atomic mass is 9.75. The fraction of sp³-hybridized carbons (Fsp3) is 0.333. The number of nitrogens with one attached hydrogen (secondary N) is 1. The van der Waals surface area contributed by atoms with Crippen molar-refractivity contribution in [3.63, 3.8) is 0 Å². The number of amides is 2. The average molecular weight is 425 g/mol. The van der Waals surface area contributed by atoms with Gasteiger partial charge in [0.1, 0.15) is 0 Å². The van der Waals surface area contributed by atoms with Crippen LogP contribution in [0.3, 0.4) is 0 Å². The van der Waals surface area contributed by atoms with Crippen molar-refractivity contribution < 1.29 is 4.79 Å². The first-order chi connectivity index (χ1) is 15.8.